The molecule has 0 N–H and O–H groups in total. The number of hydrogen-bond acceptors (Lipinski definition) is 0. The number of nitrogens with zero attached hydrogens (tertiary/aromatic N) is 1. The molecule has 2 unspecified atom stereocenters. The maximum Gasteiger partial charge on any atom is 0.136 e. The van der Waals surface area contributed by atoms with Crippen molar-refractivity contribution in [1.29, 1.82) is 0 Å². The van der Waals surface area contributed by atoms with Gasteiger partial charge in [-0.2, -0.15) is 0 Å². The first-order chi connectivity index (χ1) is 6.53. The highest BCUT2D eigenvalue weighted by Gasteiger charge is 2.36. The zero-order valence-corrected chi connectivity index (χ0v) is 12.2. The van der Waals surface area contributed by atoms with Crippen LogP contribution in [0, 0.1) is 0 Å². The molecule has 1 heterocycles. The molecule has 0 aliphatic carbocycles. The van der Waals surface area contributed by atoms with E-state index in [2.05, 4.69) is 52.2 Å². The van der Waals surface area contributed by atoms with Crippen molar-refractivity contribution in [3.63, 3.8) is 0 Å². The van der Waals surface area contributed by atoms with Gasteiger partial charge in [0, 0.05) is 12.0 Å². The van der Waals surface area contributed by atoms with E-state index in [9.17, 15) is 0 Å². The molecule has 0 saturated carbocycles. The Balaban J connectivity index is 0.00000112. The van der Waals surface area contributed by atoms with Crippen LogP contribution in [-0.4, -0.2) is 20.1 Å². The highest BCUT2D eigenvalue weighted by Crippen LogP contribution is 2.40. The summed E-state index contributed by atoms with van der Waals surface area (Å²) in [5.74, 6) is 0.715. The molecule has 1 aliphatic rings. The summed E-state index contributed by atoms with van der Waals surface area (Å²) in [6.07, 6.45) is 1.30. The summed E-state index contributed by atoms with van der Waals surface area (Å²) >= 11 is 0. The first-order valence-corrected chi connectivity index (χ1v) is 5.46. The second kappa shape index (κ2) is 4.42. The number of para-hydroxylation sites is 1. The van der Waals surface area contributed by atoms with Gasteiger partial charge in [0.15, 0.2) is 0 Å². The van der Waals surface area contributed by atoms with E-state index in [-0.39, 0.29) is 24.0 Å². The summed E-state index contributed by atoms with van der Waals surface area (Å²) in [5.41, 5.74) is 3.04. The predicted octanol–water partition coefficient (Wildman–Crippen LogP) is 0.153. The van der Waals surface area contributed by atoms with Gasteiger partial charge < -0.3 is 24.0 Å². The molecule has 0 fully saturated rings. The summed E-state index contributed by atoms with van der Waals surface area (Å²) in [5, 5.41) is 0. The predicted molar refractivity (Wildman–Crippen MR) is 62.6 cm³/mol. The van der Waals surface area contributed by atoms with Crippen LogP contribution >= 0.6 is 0 Å². The molecule has 2 heteroatoms. The van der Waals surface area contributed by atoms with Gasteiger partial charge in [-0.3, -0.25) is 4.48 Å². The molecule has 15 heavy (non-hydrogen) atoms. The van der Waals surface area contributed by atoms with Crippen molar-refractivity contribution >= 4 is 5.69 Å². The third kappa shape index (κ3) is 2.07. The first-order valence-electron chi connectivity index (χ1n) is 5.46. The lowest BCUT2D eigenvalue weighted by atomic mass is 9.86. The average Bonchev–Trinajstić information content (AvgIpc) is 2.16. The third-order valence-electron chi connectivity index (χ3n) is 3.89. The third-order valence-corrected chi connectivity index (χ3v) is 3.89. The Hall–Kier alpha value is -0.0900. The lowest BCUT2D eigenvalue weighted by molar-refractivity contribution is -0.00000311. The van der Waals surface area contributed by atoms with Crippen molar-refractivity contribution in [2.45, 2.75) is 32.2 Å². The number of rotatable bonds is 0. The molecule has 0 aromatic heterocycles. The Morgan fingerprint density at radius 1 is 1.13 bits per heavy atom. The molecule has 2 rings (SSSR count). The van der Waals surface area contributed by atoms with Crippen LogP contribution in [0.2, 0.25) is 0 Å². The zero-order chi connectivity index (χ0) is 10.3. The number of fused-ring (bicyclic) bond motifs is 1. The second-order valence-electron chi connectivity index (χ2n) is 5.08. The maximum atomic E-state index is 2.35. The molecule has 0 saturated heterocycles. The van der Waals surface area contributed by atoms with Gasteiger partial charge >= 0.3 is 0 Å². The standard InChI is InChI=1S/C13H20N.HI/c1-10-9-11(2)14(3,4)13-8-6-5-7-12(10)13;/h5-8,10-11H,9H2,1-4H3;1H/q+1;/p-1. The van der Waals surface area contributed by atoms with E-state index < -0.39 is 0 Å². The minimum absolute atomic E-state index is 0. The van der Waals surface area contributed by atoms with E-state index in [1.165, 1.54) is 17.7 Å². The zero-order valence-electron chi connectivity index (χ0n) is 10.00. The number of hydrogen-bond donors (Lipinski definition) is 0. The van der Waals surface area contributed by atoms with Crippen LogP contribution < -0.4 is 28.5 Å². The van der Waals surface area contributed by atoms with Gasteiger partial charge in [-0.05, 0) is 18.9 Å². The summed E-state index contributed by atoms with van der Waals surface area (Å²) in [6.45, 7) is 4.70. The Kier molecular flexibility index (Phi) is 3.82. The van der Waals surface area contributed by atoms with E-state index in [0.717, 1.165) is 10.5 Å². The molecule has 1 aromatic rings. The monoisotopic (exact) mass is 317 g/mol. The lowest BCUT2D eigenvalue weighted by Gasteiger charge is -2.42. The number of quaternary nitrogens is 1. The lowest BCUT2D eigenvalue weighted by Crippen LogP contribution is -3.00. The molecule has 1 aromatic carbocycles. The normalized spacial score (nSPS) is 27.7. The van der Waals surface area contributed by atoms with Gasteiger partial charge in [0.2, 0.25) is 0 Å². The summed E-state index contributed by atoms with van der Waals surface area (Å²) in [4.78, 5) is 0. The largest absolute Gasteiger partial charge is 1.00 e. The summed E-state index contributed by atoms with van der Waals surface area (Å²) < 4.78 is 1.03. The quantitative estimate of drug-likeness (QED) is 0.472. The molecule has 0 radical (unpaired) electrons. The highest BCUT2D eigenvalue weighted by atomic mass is 127. The SMILES string of the molecule is CC1CC(C)[N+](C)(C)c2ccccc21.[I-]. The van der Waals surface area contributed by atoms with Crippen molar-refractivity contribution in [2.75, 3.05) is 14.1 Å². The fraction of sp³-hybridized carbons (Fsp3) is 0.538. The van der Waals surface area contributed by atoms with Gasteiger partial charge in [-0.25, -0.2) is 0 Å². The van der Waals surface area contributed by atoms with E-state index in [1.807, 2.05) is 0 Å². The van der Waals surface area contributed by atoms with Gasteiger partial charge in [0.25, 0.3) is 0 Å². The Morgan fingerprint density at radius 3 is 2.40 bits per heavy atom. The van der Waals surface area contributed by atoms with Crippen LogP contribution in [0.4, 0.5) is 5.69 Å². The van der Waals surface area contributed by atoms with E-state index in [4.69, 9.17) is 0 Å². The molecule has 2 atom stereocenters. The van der Waals surface area contributed by atoms with Gasteiger partial charge in [-0.15, -0.1) is 0 Å². The topological polar surface area (TPSA) is 0 Å². The van der Waals surface area contributed by atoms with Gasteiger partial charge in [0.1, 0.15) is 5.69 Å². The van der Waals surface area contributed by atoms with E-state index in [1.54, 1.807) is 0 Å². The van der Waals surface area contributed by atoms with Crippen molar-refractivity contribution in [3.8, 4) is 0 Å². The average molecular weight is 317 g/mol. The minimum Gasteiger partial charge on any atom is -1.00 e. The van der Waals surface area contributed by atoms with Crippen LogP contribution in [0.15, 0.2) is 24.3 Å². The van der Waals surface area contributed by atoms with Crippen LogP contribution in [0.1, 0.15) is 31.7 Å². The van der Waals surface area contributed by atoms with Crippen LogP contribution in [-0.2, 0) is 0 Å². The molecule has 1 nitrogen and oxygen atoms in total. The summed E-state index contributed by atoms with van der Waals surface area (Å²) in [6, 6.07) is 9.60. The second-order valence-corrected chi connectivity index (χ2v) is 5.08. The Morgan fingerprint density at radius 2 is 1.73 bits per heavy atom. The molecule has 0 spiro atoms. The van der Waals surface area contributed by atoms with Crippen LogP contribution in [0.5, 0.6) is 0 Å². The number of halogens is 1. The maximum absolute atomic E-state index is 2.35. The minimum atomic E-state index is 0. The smallest absolute Gasteiger partial charge is 0.136 e. The highest BCUT2D eigenvalue weighted by molar-refractivity contribution is 5.53. The van der Waals surface area contributed by atoms with E-state index in [0.29, 0.717) is 5.92 Å². The molecule has 0 amide bonds. The van der Waals surface area contributed by atoms with Crippen LogP contribution in [0.3, 0.4) is 0 Å². The van der Waals surface area contributed by atoms with Gasteiger partial charge in [0.05, 0.1) is 20.1 Å². The molecule has 84 valence electrons. The number of benzene rings is 1. The summed E-state index contributed by atoms with van der Waals surface area (Å²) in [7, 11) is 4.63. The van der Waals surface area contributed by atoms with Crippen molar-refractivity contribution in [3.05, 3.63) is 29.8 Å². The fourth-order valence-corrected chi connectivity index (χ4v) is 2.57. The van der Waals surface area contributed by atoms with Crippen LogP contribution in [0.25, 0.3) is 0 Å². The molecular weight excluding hydrogens is 297 g/mol. The Bertz CT molecular complexity index is 346. The van der Waals surface area contributed by atoms with Crippen molar-refractivity contribution < 1.29 is 24.0 Å². The van der Waals surface area contributed by atoms with Gasteiger partial charge in [-0.1, -0.05) is 25.1 Å². The molecular formula is C13H20IN. The van der Waals surface area contributed by atoms with Crippen molar-refractivity contribution in [1.82, 2.24) is 4.48 Å². The fourth-order valence-electron chi connectivity index (χ4n) is 2.57. The van der Waals surface area contributed by atoms with E-state index >= 15 is 0 Å². The first kappa shape index (κ1) is 13.0. The van der Waals surface area contributed by atoms with Crippen molar-refractivity contribution in [2.24, 2.45) is 0 Å². The molecule has 1 aliphatic heterocycles. The molecule has 0 bridgehead atoms. The Labute approximate surface area is 110 Å².